The van der Waals surface area contributed by atoms with Gasteiger partial charge in [0.25, 0.3) is 0 Å². The molecule has 0 rings (SSSR count). The van der Waals surface area contributed by atoms with Crippen LogP contribution in [-0.2, 0) is 14.3 Å². The number of hydrogen-bond donors (Lipinski definition) is 1. The van der Waals surface area contributed by atoms with E-state index in [1.165, 1.54) is 0 Å². The van der Waals surface area contributed by atoms with Gasteiger partial charge in [-0.05, 0) is 26.2 Å². The predicted octanol–water partition coefficient (Wildman–Crippen LogP) is 1.66. The Morgan fingerprint density at radius 3 is 2.25 bits per heavy atom. The van der Waals surface area contributed by atoms with E-state index in [0.717, 1.165) is 6.42 Å². The molecule has 0 atom stereocenters. The van der Waals surface area contributed by atoms with Crippen molar-refractivity contribution in [3.05, 3.63) is 0 Å². The topological polar surface area (TPSA) is 69.4 Å². The molecule has 0 aromatic heterocycles. The predicted molar refractivity (Wildman–Crippen MR) is 62.9 cm³/mol. The summed E-state index contributed by atoms with van der Waals surface area (Å²) in [5, 5.41) is 0. The molecule has 0 unspecified atom stereocenters. The summed E-state index contributed by atoms with van der Waals surface area (Å²) >= 11 is 0. The minimum Gasteiger partial charge on any atom is -0.460 e. The Bertz CT molecular complexity index is 247. The van der Waals surface area contributed by atoms with Gasteiger partial charge in [0.2, 0.25) is 0 Å². The average molecular weight is 229 g/mol. The molecule has 4 heteroatoms. The maximum Gasteiger partial charge on any atom is 0.306 e. The summed E-state index contributed by atoms with van der Waals surface area (Å²) in [5.74, 6) is 0.0274. The van der Waals surface area contributed by atoms with E-state index in [9.17, 15) is 9.59 Å². The third-order valence-electron chi connectivity index (χ3n) is 2.13. The first kappa shape index (κ1) is 15.1. The highest BCUT2D eigenvalue weighted by atomic mass is 16.6. The van der Waals surface area contributed by atoms with Crippen molar-refractivity contribution >= 4 is 11.8 Å². The summed E-state index contributed by atoms with van der Waals surface area (Å²) in [6, 6.07) is 0. The first-order valence-corrected chi connectivity index (χ1v) is 5.70. The number of Topliss-reactive ketones (excluding diaryl/α,β-unsaturated/α-hetero) is 1. The van der Waals surface area contributed by atoms with E-state index in [1.54, 1.807) is 0 Å². The van der Waals surface area contributed by atoms with Gasteiger partial charge in [-0.15, -0.1) is 0 Å². The maximum atomic E-state index is 11.4. The van der Waals surface area contributed by atoms with Crippen LogP contribution in [0.15, 0.2) is 0 Å². The molecule has 0 aromatic rings. The van der Waals surface area contributed by atoms with E-state index in [-0.39, 0.29) is 31.1 Å². The number of ketones is 1. The van der Waals surface area contributed by atoms with E-state index < -0.39 is 5.60 Å². The van der Waals surface area contributed by atoms with Gasteiger partial charge in [-0.2, -0.15) is 0 Å². The van der Waals surface area contributed by atoms with E-state index in [2.05, 4.69) is 13.8 Å². The number of rotatable bonds is 7. The standard InChI is InChI=1S/C12H23NO3/c1-9(2)7-12(3,4)16-11(15)6-5-10(14)8-13/h9H,5-8,13H2,1-4H3. The average Bonchev–Trinajstić information content (AvgIpc) is 2.11. The molecule has 0 saturated heterocycles. The van der Waals surface area contributed by atoms with Crippen LogP contribution in [-0.4, -0.2) is 23.9 Å². The molecule has 4 nitrogen and oxygen atoms in total. The van der Waals surface area contributed by atoms with Crippen LogP contribution in [0, 0.1) is 5.92 Å². The van der Waals surface area contributed by atoms with Gasteiger partial charge < -0.3 is 10.5 Å². The number of ether oxygens (including phenoxy) is 1. The lowest BCUT2D eigenvalue weighted by atomic mass is 9.96. The molecule has 0 fully saturated rings. The molecule has 2 N–H and O–H groups in total. The third kappa shape index (κ3) is 7.40. The van der Waals surface area contributed by atoms with Crippen LogP contribution in [0.2, 0.25) is 0 Å². The lowest BCUT2D eigenvalue weighted by molar-refractivity contribution is -0.158. The molecular formula is C12H23NO3. The zero-order valence-electron chi connectivity index (χ0n) is 10.7. The van der Waals surface area contributed by atoms with Gasteiger partial charge in [-0.3, -0.25) is 9.59 Å². The van der Waals surface area contributed by atoms with Crippen molar-refractivity contribution in [2.75, 3.05) is 6.54 Å². The number of esters is 1. The second-order valence-electron chi connectivity index (χ2n) is 5.07. The van der Waals surface area contributed by atoms with E-state index in [1.807, 2.05) is 13.8 Å². The monoisotopic (exact) mass is 229 g/mol. The van der Waals surface area contributed by atoms with Crippen LogP contribution in [0.4, 0.5) is 0 Å². The number of carbonyl (C=O) groups excluding carboxylic acids is 2. The Balaban J connectivity index is 3.99. The van der Waals surface area contributed by atoms with Gasteiger partial charge in [0, 0.05) is 6.42 Å². The molecule has 16 heavy (non-hydrogen) atoms. The van der Waals surface area contributed by atoms with E-state index in [4.69, 9.17) is 10.5 Å². The van der Waals surface area contributed by atoms with Crippen molar-refractivity contribution in [2.45, 2.75) is 52.6 Å². The molecule has 0 aromatic carbocycles. The highest BCUT2D eigenvalue weighted by Crippen LogP contribution is 2.20. The highest BCUT2D eigenvalue weighted by Gasteiger charge is 2.24. The fourth-order valence-electron chi connectivity index (χ4n) is 1.73. The van der Waals surface area contributed by atoms with Gasteiger partial charge in [0.15, 0.2) is 0 Å². The van der Waals surface area contributed by atoms with E-state index in [0.29, 0.717) is 5.92 Å². The second-order valence-corrected chi connectivity index (χ2v) is 5.07. The number of carbonyl (C=O) groups is 2. The van der Waals surface area contributed by atoms with Crippen molar-refractivity contribution in [2.24, 2.45) is 11.7 Å². The van der Waals surface area contributed by atoms with Crippen LogP contribution in [0.1, 0.15) is 47.0 Å². The maximum absolute atomic E-state index is 11.4. The smallest absolute Gasteiger partial charge is 0.306 e. The number of hydrogen-bond acceptors (Lipinski definition) is 4. The Kier molecular flexibility index (Phi) is 6.26. The summed E-state index contributed by atoms with van der Waals surface area (Å²) in [6.07, 6.45) is 1.11. The normalized spacial score (nSPS) is 11.6. The largest absolute Gasteiger partial charge is 0.460 e. The molecule has 0 bridgehead atoms. The zero-order valence-corrected chi connectivity index (χ0v) is 10.7. The molecule has 0 aliphatic heterocycles. The Morgan fingerprint density at radius 1 is 1.25 bits per heavy atom. The van der Waals surface area contributed by atoms with Crippen LogP contribution < -0.4 is 5.73 Å². The van der Waals surface area contributed by atoms with Gasteiger partial charge >= 0.3 is 5.97 Å². The summed E-state index contributed by atoms with van der Waals surface area (Å²) in [4.78, 5) is 22.4. The SMILES string of the molecule is CC(C)CC(C)(C)OC(=O)CCC(=O)CN. The highest BCUT2D eigenvalue weighted by molar-refractivity contribution is 5.84. The van der Waals surface area contributed by atoms with Crippen molar-refractivity contribution < 1.29 is 14.3 Å². The fraction of sp³-hybridized carbons (Fsp3) is 0.833. The zero-order chi connectivity index (χ0) is 12.8. The minimum absolute atomic E-state index is 0.0112. The Hall–Kier alpha value is -0.900. The fourth-order valence-corrected chi connectivity index (χ4v) is 1.73. The molecule has 0 aliphatic carbocycles. The van der Waals surface area contributed by atoms with Gasteiger partial charge in [-0.25, -0.2) is 0 Å². The third-order valence-corrected chi connectivity index (χ3v) is 2.13. The molecule has 94 valence electrons. The quantitative estimate of drug-likeness (QED) is 0.674. The summed E-state index contributed by atoms with van der Waals surface area (Å²) in [7, 11) is 0. The van der Waals surface area contributed by atoms with Crippen molar-refractivity contribution in [3.63, 3.8) is 0 Å². The number of nitrogens with two attached hydrogens (primary N) is 1. The molecule has 0 saturated carbocycles. The molecule has 0 spiro atoms. The van der Waals surface area contributed by atoms with Crippen LogP contribution in [0.5, 0.6) is 0 Å². The lowest BCUT2D eigenvalue weighted by Gasteiger charge is -2.26. The second kappa shape index (κ2) is 6.63. The molecule has 0 radical (unpaired) electrons. The van der Waals surface area contributed by atoms with E-state index >= 15 is 0 Å². The summed E-state index contributed by atoms with van der Waals surface area (Å²) in [6.45, 7) is 7.91. The minimum atomic E-state index is -0.461. The Morgan fingerprint density at radius 2 is 1.81 bits per heavy atom. The van der Waals surface area contributed by atoms with Crippen molar-refractivity contribution in [1.82, 2.24) is 0 Å². The van der Waals surface area contributed by atoms with Crippen molar-refractivity contribution in [1.29, 1.82) is 0 Å². The van der Waals surface area contributed by atoms with Crippen molar-refractivity contribution in [3.8, 4) is 0 Å². The Labute approximate surface area is 97.5 Å². The molecule has 0 aliphatic rings. The summed E-state index contributed by atoms with van der Waals surface area (Å²) < 4.78 is 5.31. The molecule has 0 heterocycles. The van der Waals surface area contributed by atoms with Crippen LogP contribution >= 0.6 is 0 Å². The van der Waals surface area contributed by atoms with Gasteiger partial charge in [-0.1, -0.05) is 13.8 Å². The summed E-state index contributed by atoms with van der Waals surface area (Å²) in [5.41, 5.74) is 4.69. The molecular weight excluding hydrogens is 206 g/mol. The lowest BCUT2D eigenvalue weighted by Crippen LogP contribution is -2.30. The van der Waals surface area contributed by atoms with Gasteiger partial charge in [0.05, 0.1) is 13.0 Å². The first-order valence-electron chi connectivity index (χ1n) is 5.70. The first-order chi connectivity index (χ1) is 7.26. The van der Waals surface area contributed by atoms with Gasteiger partial charge in [0.1, 0.15) is 11.4 Å². The van der Waals surface area contributed by atoms with Crippen LogP contribution in [0.25, 0.3) is 0 Å². The van der Waals surface area contributed by atoms with Crippen LogP contribution in [0.3, 0.4) is 0 Å². The molecule has 0 amide bonds.